The zero-order valence-electron chi connectivity index (χ0n) is 12.1. The summed E-state index contributed by atoms with van der Waals surface area (Å²) in [5.74, 6) is 1.15. The molecule has 0 fully saturated rings. The summed E-state index contributed by atoms with van der Waals surface area (Å²) in [5.41, 5.74) is -0.548. The topological polar surface area (TPSA) is 52.6 Å². The number of carbonyl (C=O) groups is 2. The molecule has 0 aliphatic heterocycles. The summed E-state index contributed by atoms with van der Waals surface area (Å²) in [6.07, 6.45) is 7.33. The molecule has 0 amide bonds. The molecule has 106 valence electrons. The van der Waals surface area contributed by atoms with Crippen molar-refractivity contribution < 1.29 is 19.1 Å². The molecule has 0 aliphatic rings. The molecule has 4 nitrogen and oxygen atoms in total. The van der Waals surface area contributed by atoms with Crippen LogP contribution in [0.5, 0.6) is 0 Å². The standard InChI is InChI=1S/C15H22O4/c1-6-10-15(11-12(5)7-2,13(16)18-8-3)14(17)19-9-4/h1,7H,8-11H2,2-5H3/b12-7+. The molecule has 19 heavy (non-hydrogen) atoms. The molecule has 0 saturated heterocycles. The summed E-state index contributed by atoms with van der Waals surface area (Å²) in [4.78, 5) is 24.4. The number of carbonyl (C=O) groups excluding carboxylic acids is 2. The van der Waals surface area contributed by atoms with Crippen LogP contribution in [0, 0.1) is 17.8 Å². The van der Waals surface area contributed by atoms with Gasteiger partial charge in [-0.15, -0.1) is 12.3 Å². The molecule has 0 bridgehead atoms. The van der Waals surface area contributed by atoms with E-state index in [1.165, 1.54) is 0 Å². The molecule has 0 saturated carbocycles. The Morgan fingerprint density at radius 2 is 1.68 bits per heavy atom. The molecular formula is C15H22O4. The third-order valence-electron chi connectivity index (χ3n) is 2.81. The Hall–Kier alpha value is -1.76. The van der Waals surface area contributed by atoms with Gasteiger partial charge in [0.2, 0.25) is 0 Å². The van der Waals surface area contributed by atoms with E-state index in [-0.39, 0.29) is 26.1 Å². The van der Waals surface area contributed by atoms with Crippen molar-refractivity contribution in [1.82, 2.24) is 0 Å². The molecule has 0 unspecified atom stereocenters. The van der Waals surface area contributed by atoms with Gasteiger partial charge >= 0.3 is 11.9 Å². The summed E-state index contributed by atoms with van der Waals surface area (Å²) in [6, 6.07) is 0. The molecule has 0 rings (SSSR count). The predicted octanol–water partition coefficient (Wildman–Crippen LogP) is 2.48. The van der Waals surface area contributed by atoms with Crippen LogP contribution in [-0.4, -0.2) is 25.2 Å². The number of esters is 2. The van der Waals surface area contributed by atoms with Crippen LogP contribution in [0.1, 0.15) is 40.5 Å². The maximum absolute atomic E-state index is 12.2. The predicted molar refractivity (Wildman–Crippen MR) is 73.2 cm³/mol. The van der Waals surface area contributed by atoms with Crippen LogP contribution in [0.25, 0.3) is 0 Å². The SMILES string of the molecule is C#CCC(C/C(C)=C/C)(C(=O)OCC)C(=O)OCC. The Labute approximate surface area is 115 Å². The van der Waals surface area contributed by atoms with E-state index >= 15 is 0 Å². The first kappa shape index (κ1) is 17.2. The van der Waals surface area contributed by atoms with Crippen LogP contribution >= 0.6 is 0 Å². The monoisotopic (exact) mass is 266 g/mol. The molecule has 0 N–H and O–H groups in total. The zero-order chi connectivity index (χ0) is 14.9. The Morgan fingerprint density at radius 3 is 2.00 bits per heavy atom. The number of ether oxygens (including phenoxy) is 2. The lowest BCUT2D eigenvalue weighted by atomic mass is 9.78. The summed E-state index contributed by atoms with van der Waals surface area (Å²) < 4.78 is 10.0. The Bertz CT molecular complexity index is 369. The minimum absolute atomic E-state index is 0.0319. The lowest BCUT2D eigenvalue weighted by Crippen LogP contribution is -2.42. The maximum Gasteiger partial charge on any atom is 0.324 e. The number of hydrogen-bond acceptors (Lipinski definition) is 4. The highest BCUT2D eigenvalue weighted by Gasteiger charge is 2.48. The van der Waals surface area contributed by atoms with E-state index in [2.05, 4.69) is 5.92 Å². The van der Waals surface area contributed by atoms with Crippen molar-refractivity contribution in [3.63, 3.8) is 0 Å². The van der Waals surface area contributed by atoms with E-state index in [4.69, 9.17) is 15.9 Å². The van der Waals surface area contributed by atoms with Crippen LogP contribution in [0.4, 0.5) is 0 Å². The lowest BCUT2D eigenvalue weighted by Gasteiger charge is -2.27. The van der Waals surface area contributed by atoms with Crippen LogP contribution < -0.4 is 0 Å². The van der Waals surface area contributed by atoms with Gasteiger partial charge in [-0.1, -0.05) is 11.6 Å². The largest absolute Gasteiger partial charge is 0.465 e. The van der Waals surface area contributed by atoms with Gasteiger partial charge in [0.05, 0.1) is 13.2 Å². The van der Waals surface area contributed by atoms with E-state index < -0.39 is 17.4 Å². The van der Waals surface area contributed by atoms with Crippen molar-refractivity contribution in [3.8, 4) is 12.3 Å². The highest BCUT2D eigenvalue weighted by Crippen LogP contribution is 2.33. The molecule has 0 radical (unpaired) electrons. The molecule has 0 atom stereocenters. The van der Waals surface area contributed by atoms with E-state index in [9.17, 15) is 9.59 Å². The molecule has 0 spiro atoms. The molecule has 0 heterocycles. The maximum atomic E-state index is 12.2. The summed E-state index contributed by atoms with van der Waals surface area (Å²) >= 11 is 0. The minimum Gasteiger partial charge on any atom is -0.465 e. The van der Waals surface area contributed by atoms with Crippen molar-refractivity contribution >= 4 is 11.9 Å². The fraction of sp³-hybridized carbons (Fsp3) is 0.600. The Morgan fingerprint density at radius 1 is 1.21 bits per heavy atom. The first-order valence-electron chi connectivity index (χ1n) is 6.38. The number of rotatable bonds is 7. The van der Waals surface area contributed by atoms with Gasteiger partial charge in [-0.05, 0) is 34.1 Å². The van der Waals surface area contributed by atoms with E-state index in [1.54, 1.807) is 13.8 Å². The normalized spacial score (nSPS) is 11.6. The smallest absolute Gasteiger partial charge is 0.324 e. The van der Waals surface area contributed by atoms with Crippen molar-refractivity contribution in [2.45, 2.75) is 40.5 Å². The fourth-order valence-corrected chi connectivity index (χ4v) is 1.73. The van der Waals surface area contributed by atoms with Crippen molar-refractivity contribution in [2.24, 2.45) is 5.41 Å². The van der Waals surface area contributed by atoms with Crippen molar-refractivity contribution in [2.75, 3.05) is 13.2 Å². The van der Waals surface area contributed by atoms with E-state index in [0.29, 0.717) is 0 Å². The quantitative estimate of drug-likeness (QED) is 0.307. The third kappa shape index (κ3) is 4.44. The molecular weight excluding hydrogens is 244 g/mol. The van der Waals surface area contributed by atoms with E-state index in [1.807, 2.05) is 19.9 Å². The zero-order valence-corrected chi connectivity index (χ0v) is 12.1. The lowest BCUT2D eigenvalue weighted by molar-refractivity contribution is -0.171. The third-order valence-corrected chi connectivity index (χ3v) is 2.81. The van der Waals surface area contributed by atoms with Gasteiger partial charge in [0.1, 0.15) is 0 Å². The Kier molecular flexibility index (Phi) is 7.59. The van der Waals surface area contributed by atoms with Gasteiger partial charge in [0.15, 0.2) is 5.41 Å². The van der Waals surface area contributed by atoms with Crippen LogP contribution in [0.3, 0.4) is 0 Å². The molecule has 0 aliphatic carbocycles. The number of allylic oxidation sites excluding steroid dienone is 2. The first-order chi connectivity index (χ1) is 8.98. The van der Waals surface area contributed by atoms with Crippen LogP contribution in [-0.2, 0) is 19.1 Å². The minimum atomic E-state index is -1.43. The second kappa shape index (κ2) is 8.36. The Balaban J connectivity index is 5.53. The first-order valence-corrected chi connectivity index (χ1v) is 6.38. The van der Waals surface area contributed by atoms with Gasteiger partial charge in [-0.25, -0.2) is 0 Å². The molecule has 4 heteroatoms. The second-order valence-corrected chi connectivity index (χ2v) is 4.22. The van der Waals surface area contributed by atoms with Crippen LogP contribution in [0.2, 0.25) is 0 Å². The fourth-order valence-electron chi connectivity index (χ4n) is 1.73. The van der Waals surface area contributed by atoms with E-state index in [0.717, 1.165) is 5.57 Å². The van der Waals surface area contributed by atoms with Gasteiger partial charge in [0, 0.05) is 6.42 Å². The molecule has 0 aromatic heterocycles. The second-order valence-electron chi connectivity index (χ2n) is 4.22. The summed E-state index contributed by atoms with van der Waals surface area (Å²) in [6.45, 7) is 7.44. The number of terminal acetylenes is 1. The number of hydrogen-bond donors (Lipinski definition) is 0. The average molecular weight is 266 g/mol. The highest BCUT2D eigenvalue weighted by molar-refractivity contribution is 6.00. The van der Waals surface area contributed by atoms with Crippen molar-refractivity contribution in [3.05, 3.63) is 11.6 Å². The van der Waals surface area contributed by atoms with Gasteiger partial charge < -0.3 is 9.47 Å². The van der Waals surface area contributed by atoms with Crippen molar-refractivity contribution in [1.29, 1.82) is 0 Å². The average Bonchev–Trinajstić information content (AvgIpc) is 2.38. The van der Waals surface area contributed by atoms with Gasteiger partial charge in [-0.3, -0.25) is 9.59 Å². The van der Waals surface area contributed by atoms with Gasteiger partial charge in [-0.2, -0.15) is 0 Å². The van der Waals surface area contributed by atoms with Crippen LogP contribution in [0.15, 0.2) is 11.6 Å². The highest BCUT2D eigenvalue weighted by atomic mass is 16.6. The molecule has 0 aromatic carbocycles. The summed E-state index contributed by atoms with van der Waals surface area (Å²) in [5, 5.41) is 0. The van der Waals surface area contributed by atoms with Gasteiger partial charge in [0.25, 0.3) is 0 Å². The summed E-state index contributed by atoms with van der Waals surface area (Å²) in [7, 11) is 0. The molecule has 0 aromatic rings.